The molecule has 1 atom stereocenters. The predicted octanol–water partition coefficient (Wildman–Crippen LogP) is 2.66. The summed E-state index contributed by atoms with van der Waals surface area (Å²) in [5.74, 6) is 0.0545. The fourth-order valence-electron chi connectivity index (χ4n) is 2.23. The van der Waals surface area contributed by atoms with Gasteiger partial charge in [-0.05, 0) is 51.8 Å². The lowest BCUT2D eigenvalue weighted by Gasteiger charge is -2.32. The van der Waals surface area contributed by atoms with Crippen LogP contribution in [0.3, 0.4) is 0 Å². The molecule has 4 heteroatoms. The van der Waals surface area contributed by atoms with E-state index in [0.717, 1.165) is 24.2 Å². The minimum Gasteiger partial charge on any atom is -0.360 e. The van der Waals surface area contributed by atoms with Crippen molar-refractivity contribution in [3.8, 4) is 0 Å². The van der Waals surface area contributed by atoms with Gasteiger partial charge in [0.15, 0.2) is 0 Å². The number of nitrogens with two attached hydrogens (primary N) is 1. The van der Waals surface area contributed by atoms with Gasteiger partial charge in [0.1, 0.15) is 6.04 Å². The van der Waals surface area contributed by atoms with Crippen LogP contribution < -0.4 is 16.0 Å². The maximum absolute atomic E-state index is 12.4. The molecule has 4 nitrogen and oxygen atoms in total. The van der Waals surface area contributed by atoms with Crippen molar-refractivity contribution >= 4 is 11.6 Å². The topological polar surface area (TPSA) is 58.4 Å². The van der Waals surface area contributed by atoms with Crippen LogP contribution in [0.25, 0.3) is 0 Å². The van der Waals surface area contributed by atoms with Gasteiger partial charge in [0.2, 0.25) is 5.91 Å². The third kappa shape index (κ3) is 5.38. The van der Waals surface area contributed by atoms with Crippen molar-refractivity contribution in [3.05, 3.63) is 29.8 Å². The number of carbonyl (C=O) groups excluding carboxylic acids is 1. The quantitative estimate of drug-likeness (QED) is 0.847. The molecule has 0 aliphatic carbocycles. The summed E-state index contributed by atoms with van der Waals surface area (Å²) in [7, 11) is 0. The summed E-state index contributed by atoms with van der Waals surface area (Å²) in [4.78, 5) is 14.5. The highest BCUT2D eigenvalue weighted by Gasteiger charge is 2.24. The number of hydrogen-bond acceptors (Lipinski definition) is 3. The summed E-state index contributed by atoms with van der Waals surface area (Å²) >= 11 is 0. The molecule has 1 aromatic rings. The van der Waals surface area contributed by atoms with Crippen molar-refractivity contribution in [2.24, 2.45) is 5.73 Å². The van der Waals surface area contributed by atoms with E-state index in [2.05, 4.69) is 17.1 Å². The Morgan fingerprint density at radius 3 is 2.29 bits per heavy atom. The molecule has 0 aromatic heterocycles. The molecule has 1 amide bonds. The van der Waals surface area contributed by atoms with Crippen LogP contribution >= 0.6 is 0 Å². The zero-order valence-corrected chi connectivity index (χ0v) is 13.9. The molecule has 0 spiro atoms. The molecule has 0 radical (unpaired) electrons. The van der Waals surface area contributed by atoms with Gasteiger partial charge in [-0.3, -0.25) is 4.79 Å². The second kappa shape index (κ2) is 7.46. The van der Waals surface area contributed by atoms with E-state index >= 15 is 0 Å². The fraction of sp³-hybridized carbons (Fsp3) is 0.588. The molecule has 0 saturated carbocycles. The maximum atomic E-state index is 12.4. The van der Waals surface area contributed by atoms with E-state index in [9.17, 15) is 4.79 Å². The van der Waals surface area contributed by atoms with Crippen LogP contribution in [-0.2, 0) is 11.3 Å². The highest BCUT2D eigenvalue weighted by atomic mass is 16.2. The molecule has 1 rings (SSSR count). The second-order valence-electron chi connectivity index (χ2n) is 6.48. The minimum atomic E-state index is -0.216. The monoisotopic (exact) mass is 291 g/mol. The zero-order chi connectivity index (χ0) is 16.0. The molecule has 1 aromatic carbocycles. The Morgan fingerprint density at radius 1 is 1.29 bits per heavy atom. The first-order chi connectivity index (χ1) is 9.78. The van der Waals surface area contributed by atoms with Crippen LogP contribution in [0.2, 0.25) is 0 Å². The van der Waals surface area contributed by atoms with Gasteiger partial charge in [-0.1, -0.05) is 19.1 Å². The third-order valence-corrected chi connectivity index (χ3v) is 3.31. The molecular weight excluding hydrogens is 262 g/mol. The average molecular weight is 291 g/mol. The van der Waals surface area contributed by atoms with E-state index in [-0.39, 0.29) is 17.5 Å². The SMILES string of the molecule is CCCN(c1ccc(CN)cc1)C(C)C(=O)NC(C)(C)C. The van der Waals surface area contributed by atoms with Gasteiger partial charge < -0.3 is 16.0 Å². The number of nitrogens with one attached hydrogen (secondary N) is 1. The highest BCUT2D eigenvalue weighted by Crippen LogP contribution is 2.19. The van der Waals surface area contributed by atoms with E-state index in [1.165, 1.54) is 0 Å². The minimum absolute atomic E-state index is 0.0545. The standard InChI is InChI=1S/C17H29N3O/c1-6-11-20(13(2)16(21)19-17(3,4)5)15-9-7-14(12-18)8-10-15/h7-10,13H,6,11-12,18H2,1-5H3,(H,19,21). The number of hydrogen-bond donors (Lipinski definition) is 2. The van der Waals surface area contributed by atoms with Crippen molar-refractivity contribution in [2.75, 3.05) is 11.4 Å². The molecule has 0 saturated heterocycles. The lowest BCUT2D eigenvalue weighted by atomic mass is 10.1. The summed E-state index contributed by atoms with van der Waals surface area (Å²) < 4.78 is 0. The van der Waals surface area contributed by atoms with Crippen molar-refractivity contribution in [1.82, 2.24) is 5.32 Å². The van der Waals surface area contributed by atoms with Gasteiger partial charge in [0.25, 0.3) is 0 Å². The van der Waals surface area contributed by atoms with Crippen molar-refractivity contribution < 1.29 is 4.79 Å². The van der Waals surface area contributed by atoms with Crippen LogP contribution in [0.4, 0.5) is 5.69 Å². The zero-order valence-electron chi connectivity index (χ0n) is 13.9. The first-order valence-electron chi connectivity index (χ1n) is 7.66. The first kappa shape index (κ1) is 17.5. The summed E-state index contributed by atoms with van der Waals surface area (Å²) in [6.45, 7) is 11.4. The first-order valence-corrected chi connectivity index (χ1v) is 7.66. The van der Waals surface area contributed by atoms with Crippen LogP contribution in [0.1, 0.15) is 46.6 Å². The van der Waals surface area contributed by atoms with Gasteiger partial charge in [-0.15, -0.1) is 0 Å². The van der Waals surface area contributed by atoms with Crippen LogP contribution in [0.5, 0.6) is 0 Å². The van der Waals surface area contributed by atoms with Gasteiger partial charge in [-0.2, -0.15) is 0 Å². The van der Waals surface area contributed by atoms with E-state index < -0.39 is 0 Å². The van der Waals surface area contributed by atoms with Gasteiger partial charge in [0, 0.05) is 24.3 Å². The summed E-state index contributed by atoms with van der Waals surface area (Å²) in [6.07, 6.45) is 0.992. The third-order valence-electron chi connectivity index (χ3n) is 3.31. The Balaban J connectivity index is 2.91. The smallest absolute Gasteiger partial charge is 0.242 e. The van der Waals surface area contributed by atoms with Gasteiger partial charge >= 0.3 is 0 Å². The van der Waals surface area contributed by atoms with Crippen molar-refractivity contribution in [3.63, 3.8) is 0 Å². The largest absolute Gasteiger partial charge is 0.360 e. The van der Waals surface area contributed by atoms with Crippen LogP contribution in [-0.4, -0.2) is 24.0 Å². The Morgan fingerprint density at radius 2 is 1.86 bits per heavy atom. The Labute approximate surface area is 128 Å². The highest BCUT2D eigenvalue weighted by molar-refractivity contribution is 5.85. The molecule has 118 valence electrons. The average Bonchev–Trinajstić information content (AvgIpc) is 2.42. The molecule has 1 unspecified atom stereocenters. The van der Waals surface area contributed by atoms with E-state index in [1.54, 1.807) is 0 Å². The number of nitrogens with zero attached hydrogens (tertiary/aromatic N) is 1. The molecule has 0 bridgehead atoms. The summed E-state index contributed by atoms with van der Waals surface area (Å²) in [6, 6.07) is 7.92. The molecular formula is C17H29N3O. The van der Waals surface area contributed by atoms with Crippen LogP contribution in [0, 0.1) is 0 Å². The van der Waals surface area contributed by atoms with Gasteiger partial charge in [-0.25, -0.2) is 0 Å². The Hall–Kier alpha value is -1.55. The number of amides is 1. The molecule has 0 aliphatic rings. The van der Waals surface area contributed by atoms with Crippen molar-refractivity contribution in [1.29, 1.82) is 0 Å². The number of benzene rings is 1. The molecule has 3 N–H and O–H groups in total. The number of anilines is 1. The van der Waals surface area contributed by atoms with Crippen molar-refractivity contribution in [2.45, 2.75) is 59.2 Å². The Kier molecular flexibility index (Phi) is 6.21. The number of rotatable bonds is 6. The molecule has 21 heavy (non-hydrogen) atoms. The van der Waals surface area contributed by atoms with E-state index in [0.29, 0.717) is 6.54 Å². The second-order valence-corrected chi connectivity index (χ2v) is 6.48. The summed E-state index contributed by atoms with van der Waals surface area (Å²) in [5.41, 5.74) is 7.58. The van der Waals surface area contributed by atoms with E-state index in [4.69, 9.17) is 5.73 Å². The molecule has 0 fully saturated rings. The lowest BCUT2D eigenvalue weighted by Crippen LogP contribution is -2.51. The maximum Gasteiger partial charge on any atom is 0.242 e. The van der Waals surface area contributed by atoms with Crippen LogP contribution in [0.15, 0.2) is 24.3 Å². The predicted molar refractivity (Wildman–Crippen MR) is 89.3 cm³/mol. The summed E-state index contributed by atoms with van der Waals surface area (Å²) in [5, 5.41) is 3.05. The number of carbonyl (C=O) groups is 1. The Bertz CT molecular complexity index is 448. The molecule has 0 heterocycles. The fourth-order valence-corrected chi connectivity index (χ4v) is 2.23. The van der Waals surface area contributed by atoms with E-state index in [1.807, 2.05) is 52.0 Å². The normalized spacial score (nSPS) is 12.9. The molecule has 0 aliphatic heterocycles. The van der Waals surface area contributed by atoms with Gasteiger partial charge in [0.05, 0.1) is 0 Å². The lowest BCUT2D eigenvalue weighted by molar-refractivity contribution is -0.123.